The van der Waals surface area contributed by atoms with Crippen molar-refractivity contribution < 1.29 is 117 Å². The molecule has 9 N–H and O–H groups in total. The highest BCUT2D eigenvalue weighted by molar-refractivity contribution is 6.01. The first-order valence-electron chi connectivity index (χ1n) is 22.0. The fraction of sp³-hybridized carbons (Fsp3) is 0.714. The summed E-state index contributed by atoms with van der Waals surface area (Å²) >= 11 is 0. The fourth-order valence-corrected chi connectivity index (χ4v) is 8.28. The van der Waals surface area contributed by atoms with E-state index in [9.17, 15) is 64.5 Å². The summed E-state index contributed by atoms with van der Waals surface area (Å²) < 4.78 is 55.9. The summed E-state index contributed by atoms with van der Waals surface area (Å²) in [5.74, 6) is -4.70. The van der Waals surface area contributed by atoms with Crippen LogP contribution in [0.1, 0.15) is 23.2 Å². The Kier molecular flexibility index (Phi) is 21.6. The van der Waals surface area contributed by atoms with E-state index < -0.39 is 161 Å². The number of hydrogen-bond donors (Lipinski definition) is 9. The first-order valence-corrected chi connectivity index (χ1v) is 22.0. The molecule has 0 aliphatic carbocycles. The van der Waals surface area contributed by atoms with Crippen LogP contribution in [0.15, 0.2) is 24.3 Å². The smallest absolute Gasteiger partial charge is 0.443 e. The standard InChI is InChI=1S/C42H61N3O24/c1-59-15-24-36(54)27(13-48)66-31(39(24)68-42(58)69-45-32(50)7-8-33(45)51)20-61-16-23-34(52)26(12-47)64-29(35(23)53)19-62-17-25-37(55)28(14-49)65-30(18-60-2)38(25)67-41(57)44-10-9-43-40(56)63-22-5-3-21(11-46)4-6-22/h3-6,11,23-31,34-39,47-49,52-55H,7-10,12-20H2,1-2H3,(H,43,56)(H,44,57). The third-order valence-corrected chi connectivity index (χ3v) is 11.9. The average molecular weight is 992 g/mol. The van der Waals surface area contributed by atoms with Crippen LogP contribution in [0, 0.1) is 17.8 Å². The van der Waals surface area contributed by atoms with Crippen molar-refractivity contribution in [2.24, 2.45) is 17.8 Å². The topological polar surface area (TPSA) is 373 Å². The first kappa shape index (κ1) is 55.2. The maximum Gasteiger partial charge on any atom is 0.534 e. The molecule has 4 aliphatic rings. The van der Waals surface area contributed by atoms with Gasteiger partial charge in [0.2, 0.25) is 0 Å². The molecule has 388 valence electrons. The van der Waals surface area contributed by atoms with Gasteiger partial charge in [0.1, 0.15) is 60.9 Å². The number of nitrogens with one attached hydrogen (secondary N) is 2. The lowest BCUT2D eigenvalue weighted by atomic mass is 9.86. The second-order valence-electron chi connectivity index (χ2n) is 16.4. The number of hydrogen-bond acceptors (Lipinski definition) is 24. The van der Waals surface area contributed by atoms with Crippen LogP contribution in [0.4, 0.5) is 14.4 Å². The van der Waals surface area contributed by atoms with Crippen LogP contribution in [0.25, 0.3) is 0 Å². The van der Waals surface area contributed by atoms with Crippen molar-refractivity contribution >= 4 is 36.4 Å². The molecule has 27 nitrogen and oxygen atoms in total. The van der Waals surface area contributed by atoms with Crippen LogP contribution >= 0.6 is 0 Å². The predicted molar refractivity (Wildman–Crippen MR) is 224 cm³/mol. The molecular weight excluding hydrogens is 930 g/mol. The highest BCUT2D eigenvalue weighted by atomic mass is 16.8. The second-order valence-corrected chi connectivity index (χ2v) is 16.4. The molecule has 5 rings (SSSR count). The monoisotopic (exact) mass is 991 g/mol. The number of amides is 4. The van der Waals surface area contributed by atoms with Crippen LogP contribution in [0.3, 0.4) is 0 Å². The quantitative estimate of drug-likeness (QED) is 0.0219. The minimum absolute atomic E-state index is 0.0972. The molecule has 0 aromatic heterocycles. The highest BCUT2D eigenvalue weighted by Gasteiger charge is 2.51. The van der Waals surface area contributed by atoms with E-state index in [0.29, 0.717) is 11.8 Å². The van der Waals surface area contributed by atoms with Gasteiger partial charge in [0.05, 0.1) is 95.7 Å². The Morgan fingerprint density at radius 3 is 1.64 bits per heavy atom. The number of rotatable bonds is 23. The van der Waals surface area contributed by atoms with Crippen molar-refractivity contribution in [3.63, 3.8) is 0 Å². The molecule has 4 fully saturated rings. The zero-order chi connectivity index (χ0) is 50.2. The van der Waals surface area contributed by atoms with Gasteiger partial charge in [-0.1, -0.05) is 5.06 Å². The maximum absolute atomic E-state index is 13.0. The lowest BCUT2D eigenvalue weighted by Gasteiger charge is -2.45. The van der Waals surface area contributed by atoms with Crippen LogP contribution < -0.4 is 15.4 Å². The normalized spacial score (nSPS) is 32.5. The van der Waals surface area contributed by atoms with Crippen molar-refractivity contribution in [1.29, 1.82) is 0 Å². The number of benzene rings is 1. The molecule has 4 aliphatic heterocycles. The zero-order valence-corrected chi connectivity index (χ0v) is 37.8. The molecular formula is C42H61N3O24. The summed E-state index contributed by atoms with van der Waals surface area (Å²) in [6.07, 6.45) is -18.9. The summed E-state index contributed by atoms with van der Waals surface area (Å²) in [5.41, 5.74) is 0.385. The number of carbonyl (C=O) groups excluding carboxylic acids is 6. The number of carbonyl (C=O) groups is 6. The minimum Gasteiger partial charge on any atom is -0.443 e. The van der Waals surface area contributed by atoms with Crippen molar-refractivity contribution in [2.45, 2.75) is 86.1 Å². The van der Waals surface area contributed by atoms with Crippen molar-refractivity contribution in [2.75, 3.05) is 86.8 Å². The van der Waals surface area contributed by atoms with Gasteiger partial charge in [0.25, 0.3) is 11.8 Å². The molecule has 4 heterocycles. The van der Waals surface area contributed by atoms with Gasteiger partial charge in [-0.25, -0.2) is 14.4 Å². The van der Waals surface area contributed by atoms with Crippen LogP contribution in [0.2, 0.25) is 0 Å². The summed E-state index contributed by atoms with van der Waals surface area (Å²) in [6.45, 7) is -4.36. The van der Waals surface area contributed by atoms with Crippen LogP contribution in [-0.4, -0.2) is 237 Å². The Balaban J connectivity index is 1.19. The maximum atomic E-state index is 13.0. The van der Waals surface area contributed by atoms with E-state index >= 15 is 0 Å². The Hall–Kier alpha value is -4.72. The number of ether oxygens (including phenoxy) is 10. The zero-order valence-electron chi connectivity index (χ0n) is 37.8. The molecule has 1 aromatic rings. The number of alkyl carbamates (subject to hydrolysis) is 1. The number of hydroxylamine groups is 2. The largest absolute Gasteiger partial charge is 0.534 e. The summed E-state index contributed by atoms with van der Waals surface area (Å²) in [5, 5.41) is 80.1. The first-order chi connectivity index (χ1) is 33.2. The molecule has 4 amide bonds. The number of aliphatic hydroxyl groups is 7. The summed E-state index contributed by atoms with van der Waals surface area (Å²) in [6, 6.07) is 5.77. The third kappa shape index (κ3) is 14.7. The minimum atomic E-state index is -1.54. The Morgan fingerprint density at radius 1 is 0.623 bits per heavy atom. The van der Waals surface area contributed by atoms with E-state index in [1.807, 2.05) is 0 Å². The van der Waals surface area contributed by atoms with E-state index in [1.165, 1.54) is 38.5 Å². The van der Waals surface area contributed by atoms with Crippen molar-refractivity contribution in [1.82, 2.24) is 15.7 Å². The van der Waals surface area contributed by atoms with E-state index in [4.69, 9.17) is 52.2 Å². The molecule has 0 radical (unpaired) electrons. The fourth-order valence-electron chi connectivity index (χ4n) is 8.28. The molecule has 0 saturated carbocycles. The van der Waals surface area contributed by atoms with Crippen LogP contribution in [0.5, 0.6) is 5.75 Å². The average Bonchev–Trinajstić information content (AvgIpc) is 3.65. The highest BCUT2D eigenvalue weighted by Crippen LogP contribution is 2.33. The number of methoxy groups -OCH3 is 2. The van der Waals surface area contributed by atoms with Gasteiger partial charge >= 0.3 is 18.3 Å². The molecule has 4 saturated heterocycles. The van der Waals surface area contributed by atoms with Gasteiger partial charge in [-0.15, -0.1) is 0 Å². The van der Waals surface area contributed by atoms with Crippen molar-refractivity contribution in [3.05, 3.63) is 29.8 Å². The van der Waals surface area contributed by atoms with Gasteiger partial charge in [0.15, 0.2) is 0 Å². The van der Waals surface area contributed by atoms with Crippen LogP contribution in [-0.2, 0) is 57.1 Å². The molecule has 27 heteroatoms. The van der Waals surface area contributed by atoms with E-state index in [2.05, 4.69) is 10.6 Å². The Morgan fingerprint density at radius 2 is 1.09 bits per heavy atom. The van der Waals surface area contributed by atoms with Crippen molar-refractivity contribution in [3.8, 4) is 5.75 Å². The molecule has 15 atom stereocenters. The van der Waals surface area contributed by atoms with E-state index in [-0.39, 0.29) is 56.6 Å². The SMILES string of the molecule is COCC1OC(CO)C(O)C(COCC2OC(CO)C(O)C(COCC3OC(CO)C(O)C(COC)C3OC(=O)ON3C(=O)CCC3=O)C2O)C1OC(=O)NCCNC(=O)Oc1ccc(C=O)cc1. The number of aldehydes is 1. The Labute approximate surface area is 394 Å². The number of aliphatic hydroxyl groups excluding tert-OH is 7. The lowest BCUT2D eigenvalue weighted by molar-refractivity contribution is -0.250. The van der Waals surface area contributed by atoms with Gasteiger partial charge in [0, 0.05) is 51.6 Å². The predicted octanol–water partition coefficient (Wildman–Crippen LogP) is -3.83. The molecule has 1 aromatic carbocycles. The van der Waals surface area contributed by atoms with E-state index in [0.717, 1.165) is 0 Å². The molecule has 0 spiro atoms. The summed E-state index contributed by atoms with van der Waals surface area (Å²) in [4.78, 5) is 77.8. The van der Waals surface area contributed by atoms with E-state index in [1.54, 1.807) is 0 Å². The number of imide groups is 1. The number of nitrogens with zero attached hydrogens (tertiary/aromatic N) is 1. The molecule has 15 unspecified atom stereocenters. The second kappa shape index (κ2) is 27.0. The van der Waals surface area contributed by atoms with Gasteiger partial charge in [-0.3, -0.25) is 19.2 Å². The molecule has 0 bridgehead atoms. The molecule has 69 heavy (non-hydrogen) atoms. The van der Waals surface area contributed by atoms with Gasteiger partial charge in [-0.05, 0) is 24.3 Å². The van der Waals surface area contributed by atoms with Gasteiger partial charge in [-0.2, -0.15) is 0 Å². The third-order valence-electron chi connectivity index (χ3n) is 11.9. The van der Waals surface area contributed by atoms with Gasteiger partial charge < -0.3 is 93.7 Å². The summed E-state index contributed by atoms with van der Waals surface area (Å²) in [7, 11) is 2.65. The lowest BCUT2D eigenvalue weighted by Crippen LogP contribution is -2.60. The Bertz CT molecular complexity index is 1810.